The molecule has 1 heterocycles. The molecule has 8 heteroatoms. The van der Waals surface area contributed by atoms with Gasteiger partial charge in [-0.25, -0.2) is 0 Å². The highest BCUT2D eigenvalue weighted by Gasteiger charge is 2.15. The van der Waals surface area contributed by atoms with Gasteiger partial charge in [0, 0.05) is 29.0 Å². The molecule has 3 rings (SSSR count). The van der Waals surface area contributed by atoms with Crippen molar-refractivity contribution in [2.24, 2.45) is 0 Å². The minimum atomic E-state index is -0.179. The highest BCUT2D eigenvalue weighted by Crippen LogP contribution is 2.25. The number of nitrogens with one attached hydrogen (secondary N) is 1. The Labute approximate surface area is 167 Å². The minimum Gasteiger partial charge on any atom is -0.399 e. The van der Waals surface area contributed by atoms with Gasteiger partial charge in [0.1, 0.15) is 0 Å². The number of nitrogens with zero attached hydrogens (tertiary/aromatic N) is 3. The van der Waals surface area contributed by atoms with Crippen molar-refractivity contribution in [3.63, 3.8) is 0 Å². The fourth-order valence-corrected chi connectivity index (χ4v) is 3.52. The van der Waals surface area contributed by atoms with E-state index < -0.39 is 0 Å². The lowest BCUT2D eigenvalue weighted by atomic mass is 10.1. The van der Waals surface area contributed by atoms with Gasteiger partial charge in [-0.15, -0.1) is 10.2 Å². The van der Waals surface area contributed by atoms with E-state index in [-0.39, 0.29) is 17.4 Å². The van der Waals surface area contributed by atoms with Crippen LogP contribution in [0, 0.1) is 0 Å². The number of carbonyl (C=O) groups excluding carboxylic acids is 2. The van der Waals surface area contributed by atoms with Crippen LogP contribution in [-0.4, -0.2) is 32.2 Å². The number of aromatic nitrogens is 3. The minimum absolute atomic E-state index is 0.0457. The molecule has 1 amide bonds. The maximum absolute atomic E-state index is 12.3. The summed E-state index contributed by atoms with van der Waals surface area (Å²) < 4.78 is 1.95. The Morgan fingerprint density at radius 3 is 2.64 bits per heavy atom. The summed E-state index contributed by atoms with van der Waals surface area (Å²) in [6.07, 6.45) is 0. The number of hydrogen-bond donors (Lipinski definition) is 2. The van der Waals surface area contributed by atoms with Crippen LogP contribution in [0.2, 0.25) is 0 Å². The van der Waals surface area contributed by atoms with E-state index in [2.05, 4.69) is 15.5 Å². The van der Waals surface area contributed by atoms with Crippen LogP contribution in [0.3, 0.4) is 0 Å². The molecule has 0 saturated heterocycles. The summed E-state index contributed by atoms with van der Waals surface area (Å²) in [5.41, 5.74) is 8.55. The molecule has 0 aliphatic carbocycles. The van der Waals surface area contributed by atoms with Crippen molar-refractivity contribution in [2.45, 2.75) is 25.5 Å². The van der Waals surface area contributed by atoms with Crippen LogP contribution in [0.4, 0.5) is 11.4 Å². The highest BCUT2D eigenvalue weighted by molar-refractivity contribution is 7.99. The predicted octanol–water partition coefficient (Wildman–Crippen LogP) is 3.48. The molecule has 0 atom stereocenters. The molecular formula is C20H21N5O2S. The van der Waals surface area contributed by atoms with Crippen molar-refractivity contribution in [3.05, 3.63) is 54.1 Å². The summed E-state index contributed by atoms with van der Waals surface area (Å²) in [6.45, 7) is 4.16. The van der Waals surface area contributed by atoms with Crippen molar-refractivity contribution in [2.75, 3.05) is 16.8 Å². The predicted molar refractivity (Wildman–Crippen MR) is 111 cm³/mol. The van der Waals surface area contributed by atoms with Gasteiger partial charge in [-0.05, 0) is 38.1 Å². The maximum Gasteiger partial charge on any atom is 0.234 e. The lowest BCUT2D eigenvalue weighted by molar-refractivity contribution is -0.113. The van der Waals surface area contributed by atoms with Crippen LogP contribution >= 0.6 is 11.8 Å². The largest absolute Gasteiger partial charge is 0.399 e. The first-order valence-electron chi connectivity index (χ1n) is 8.80. The van der Waals surface area contributed by atoms with E-state index >= 15 is 0 Å². The molecule has 0 unspecified atom stereocenters. The van der Waals surface area contributed by atoms with E-state index in [4.69, 9.17) is 5.73 Å². The topological polar surface area (TPSA) is 103 Å². The van der Waals surface area contributed by atoms with Crippen LogP contribution in [0.25, 0.3) is 11.4 Å². The van der Waals surface area contributed by atoms with E-state index in [0.717, 1.165) is 5.56 Å². The number of anilines is 2. The van der Waals surface area contributed by atoms with E-state index in [0.29, 0.717) is 34.5 Å². The van der Waals surface area contributed by atoms with Gasteiger partial charge in [0.2, 0.25) is 5.91 Å². The molecule has 0 saturated carbocycles. The molecule has 0 fully saturated rings. The summed E-state index contributed by atoms with van der Waals surface area (Å²) >= 11 is 1.31. The first kappa shape index (κ1) is 19.6. The third-order valence-electron chi connectivity index (χ3n) is 4.06. The zero-order valence-electron chi connectivity index (χ0n) is 15.7. The van der Waals surface area contributed by atoms with Crippen LogP contribution in [0.15, 0.2) is 53.7 Å². The number of ketones is 1. The maximum atomic E-state index is 12.3. The number of thioether (sulfide) groups is 1. The molecule has 3 aromatic rings. The van der Waals surface area contributed by atoms with Gasteiger partial charge < -0.3 is 15.6 Å². The Hall–Kier alpha value is -3.13. The Kier molecular flexibility index (Phi) is 6.10. The molecule has 0 bridgehead atoms. The SMILES string of the molecule is CCn1c(SCC(=O)Nc2cccc(C(C)=O)c2)nnc1-c1cccc(N)c1. The molecule has 0 radical (unpaired) electrons. The standard InChI is InChI=1S/C20H21N5O2S/c1-3-25-19(15-7-4-8-16(21)10-15)23-24-20(25)28-12-18(27)22-17-9-5-6-14(11-17)13(2)26/h4-11H,3,12,21H2,1-2H3,(H,22,27). The monoisotopic (exact) mass is 395 g/mol. The molecule has 0 aliphatic rings. The van der Waals surface area contributed by atoms with Gasteiger partial charge in [0.25, 0.3) is 0 Å². The summed E-state index contributed by atoms with van der Waals surface area (Å²) in [5.74, 6) is 0.670. The number of carbonyl (C=O) groups is 2. The van der Waals surface area contributed by atoms with Crippen molar-refractivity contribution < 1.29 is 9.59 Å². The second-order valence-corrected chi connectivity index (χ2v) is 7.09. The average molecular weight is 395 g/mol. The molecule has 0 spiro atoms. The molecule has 1 aromatic heterocycles. The second kappa shape index (κ2) is 8.71. The summed E-state index contributed by atoms with van der Waals surface area (Å²) in [4.78, 5) is 23.8. The number of hydrogen-bond acceptors (Lipinski definition) is 6. The zero-order chi connectivity index (χ0) is 20.1. The average Bonchev–Trinajstić information content (AvgIpc) is 3.09. The van der Waals surface area contributed by atoms with E-state index in [1.807, 2.05) is 35.8 Å². The first-order valence-corrected chi connectivity index (χ1v) is 9.79. The summed E-state index contributed by atoms with van der Waals surface area (Å²) in [7, 11) is 0. The van der Waals surface area contributed by atoms with E-state index in [1.54, 1.807) is 24.3 Å². The third-order valence-corrected chi connectivity index (χ3v) is 5.03. The quantitative estimate of drug-likeness (QED) is 0.361. The second-order valence-electron chi connectivity index (χ2n) is 6.15. The van der Waals surface area contributed by atoms with Crippen molar-refractivity contribution in [1.29, 1.82) is 0 Å². The van der Waals surface area contributed by atoms with E-state index in [9.17, 15) is 9.59 Å². The number of nitrogen functional groups attached to an aromatic ring is 1. The molecule has 7 nitrogen and oxygen atoms in total. The van der Waals surface area contributed by atoms with Gasteiger partial charge in [-0.2, -0.15) is 0 Å². The van der Waals surface area contributed by atoms with Gasteiger partial charge in [0.05, 0.1) is 5.75 Å². The molecule has 28 heavy (non-hydrogen) atoms. The first-order chi connectivity index (χ1) is 13.5. The summed E-state index contributed by atoms with van der Waals surface area (Å²) in [5, 5.41) is 11.9. The number of nitrogens with two attached hydrogens (primary N) is 1. The fourth-order valence-electron chi connectivity index (χ4n) is 2.71. The number of Topliss-reactive ketones (excluding diaryl/α,β-unsaturated/α-hetero) is 1. The Bertz CT molecular complexity index is 1020. The number of rotatable bonds is 7. The van der Waals surface area contributed by atoms with Crippen molar-refractivity contribution in [1.82, 2.24) is 14.8 Å². The van der Waals surface area contributed by atoms with Crippen molar-refractivity contribution in [3.8, 4) is 11.4 Å². The number of benzene rings is 2. The normalized spacial score (nSPS) is 10.6. The van der Waals surface area contributed by atoms with Crippen LogP contribution in [0.5, 0.6) is 0 Å². The summed E-state index contributed by atoms with van der Waals surface area (Å²) in [6, 6.07) is 14.3. The molecule has 0 aliphatic heterocycles. The molecule has 3 N–H and O–H groups in total. The number of amides is 1. The molecule has 144 valence electrons. The van der Waals surface area contributed by atoms with Gasteiger partial charge in [0.15, 0.2) is 16.8 Å². The molecule has 2 aromatic carbocycles. The molecular weight excluding hydrogens is 374 g/mol. The fraction of sp³-hybridized carbons (Fsp3) is 0.200. The lowest BCUT2D eigenvalue weighted by Crippen LogP contribution is -2.15. The zero-order valence-corrected chi connectivity index (χ0v) is 16.5. The Morgan fingerprint density at radius 2 is 1.93 bits per heavy atom. The lowest BCUT2D eigenvalue weighted by Gasteiger charge is -2.08. The Balaban J connectivity index is 1.68. The smallest absolute Gasteiger partial charge is 0.234 e. The van der Waals surface area contributed by atoms with E-state index in [1.165, 1.54) is 18.7 Å². The van der Waals surface area contributed by atoms with Crippen LogP contribution in [0.1, 0.15) is 24.2 Å². The third kappa shape index (κ3) is 4.58. The van der Waals surface area contributed by atoms with Crippen molar-refractivity contribution >= 4 is 34.8 Å². The van der Waals surface area contributed by atoms with Crippen LogP contribution < -0.4 is 11.1 Å². The van der Waals surface area contributed by atoms with Gasteiger partial charge in [-0.3, -0.25) is 9.59 Å². The van der Waals surface area contributed by atoms with Crippen LogP contribution in [-0.2, 0) is 11.3 Å². The van der Waals surface area contributed by atoms with Gasteiger partial charge >= 0.3 is 0 Å². The van der Waals surface area contributed by atoms with Gasteiger partial charge in [-0.1, -0.05) is 36.0 Å². The Morgan fingerprint density at radius 1 is 1.14 bits per heavy atom. The highest BCUT2D eigenvalue weighted by atomic mass is 32.2.